The number of nitriles is 1. The predicted octanol–water partition coefficient (Wildman–Crippen LogP) is 3.13. The first-order chi connectivity index (χ1) is 8.30. The summed E-state index contributed by atoms with van der Waals surface area (Å²) in [5, 5.41) is 20.3. The minimum Gasteiger partial charge on any atom is -0.386 e. The first-order valence-corrected chi connectivity index (χ1v) is 6.97. The van der Waals surface area contributed by atoms with Crippen molar-refractivity contribution in [1.82, 2.24) is 0 Å². The van der Waals surface area contributed by atoms with Gasteiger partial charge in [0, 0.05) is 7.11 Å². The molecular weight excluding hydrogens is 226 g/mol. The zero-order valence-electron chi connectivity index (χ0n) is 12.4. The fourth-order valence-electron chi connectivity index (χ4n) is 3.15. The average molecular weight is 253 g/mol. The standard InChI is InChI=1S/C15H27NO2/c1-11(2)13-6-8-15(10-16,9-7-13)14(4,17)12(3)18-5/h11-13,17H,6-9H2,1-5H3. The molecule has 18 heavy (non-hydrogen) atoms. The predicted molar refractivity (Wildman–Crippen MR) is 71.9 cm³/mol. The van der Waals surface area contributed by atoms with Crippen molar-refractivity contribution in [3.05, 3.63) is 0 Å². The molecule has 0 aromatic heterocycles. The van der Waals surface area contributed by atoms with E-state index in [-0.39, 0.29) is 6.10 Å². The Kier molecular flexibility index (Phi) is 4.80. The lowest BCUT2D eigenvalue weighted by atomic mass is 9.60. The summed E-state index contributed by atoms with van der Waals surface area (Å²) in [4.78, 5) is 0. The van der Waals surface area contributed by atoms with E-state index in [1.807, 2.05) is 6.92 Å². The van der Waals surface area contributed by atoms with E-state index in [4.69, 9.17) is 4.74 Å². The Morgan fingerprint density at radius 2 is 1.83 bits per heavy atom. The number of methoxy groups -OCH3 is 1. The third kappa shape index (κ3) is 2.55. The van der Waals surface area contributed by atoms with Crippen LogP contribution >= 0.6 is 0 Å². The molecule has 1 N–H and O–H groups in total. The van der Waals surface area contributed by atoms with Gasteiger partial charge < -0.3 is 9.84 Å². The van der Waals surface area contributed by atoms with E-state index in [9.17, 15) is 10.4 Å². The monoisotopic (exact) mass is 253 g/mol. The Hall–Kier alpha value is -0.590. The lowest BCUT2D eigenvalue weighted by Crippen LogP contribution is -2.54. The molecule has 2 unspecified atom stereocenters. The first kappa shape index (κ1) is 15.5. The summed E-state index contributed by atoms with van der Waals surface area (Å²) < 4.78 is 5.27. The average Bonchev–Trinajstić information content (AvgIpc) is 2.37. The van der Waals surface area contributed by atoms with Crippen LogP contribution in [0.15, 0.2) is 0 Å². The first-order valence-electron chi connectivity index (χ1n) is 6.97. The lowest BCUT2D eigenvalue weighted by Gasteiger charge is -2.47. The maximum absolute atomic E-state index is 10.7. The van der Waals surface area contributed by atoms with Crippen molar-refractivity contribution in [2.75, 3.05) is 7.11 Å². The SMILES string of the molecule is COC(C)C(C)(O)C1(C#N)CCC(C(C)C)CC1. The van der Waals surface area contributed by atoms with Gasteiger partial charge in [-0.25, -0.2) is 0 Å². The second kappa shape index (κ2) is 5.59. The van der Waals surface area contributed by atoms with Gasteiger partial charge in [0.2, 0.25) is 0 Å². The second-order valence-electron chi connectivity index (χ2n) is 6.30. The highest BCUT2D eigenvalue weighted by molar-refractivity contribution is 5.13. The number of hydrogen-bond acceptors (Lipinski definition) is 3. The summed E-state index contributed by atoms with van der Waals surface area (Å²) in [6, 6.07) is 2.40. The summed E-state index contributed by atoms with van der Waals surface area (Å²) in [5.41, 5.74) is -1.74. The molecule has 1 fully saturated rings. The Labute approximate surface area is 111 Å². The molecule has 0 aliphatic heterocycles. The number of hydrogen-bond donors (Lipinski definition) is 1. The van der Waals surface area contributed by atoms with Gasteiger partial charge in [-0.05, 0) is 51.4 Å². The topological polar surface area (TPSA) is 53.2 Å². The van der Waals surface area contributed by atoms with Crippen LogP contribution < -0.4 is 0 Å². The zero-order valence-corrected chi connectivity index (χ0v) is 12.4. The van der Waals surface area contributed by atoms with Crippen LogP contribution in [0.25, 0.3) is 0 Å². The Bertz CT molecular complexity index is 309. The van der Waals surface area contributed by atoms with E-state index < -0.39 is 11.0 Å². The van der Waals surface area contributed by atoms with Crippen LogP contribution in [0.5, 0.6) is 0 Å². The van der Waals surface area contributed by atoms with Crippen molar-refractivity contribution in [3.63, 3.8) is 0 Å². The molecule has 0 spiro atoms. The third-order valence-corrected chi connectivity index (χ3v) is 5.15. The molecule has 0 bridgehead atoms. The molecule has 0 aromatic rings. The normalized spacial score (nSPS) is 33.8. The molecule has 0 amide bonds. The van der Waals surface area contributed by atoms with Gasteiger partial charge in [0.25, 0.3) is 0 Å². The van der Waals surface area contributed by atoms with Gasteiger partial charge in [-0.15, -0.1) is 0 Å². The van der Waals surface area contributed by atoms with Crippen molar-refractivity contribution < 1.29 is 9.84 Å². The van der Waals surface area contributed by atoms with Crippen LogP contribution in [0.1, 0.15) is 53.4 Å². The van der Waals surface area contributed by atoms with Crippen LogP contribution in [0.4, 0.5) is 0 Å². The van der Waals surface area contributed by atoms with E-state index in [2.05, 4.69) is 19.9 Å². The molecule has 1 aliphatic rings. The zero-order chi connectivity index (χ0) is 14.0. The minimum atomic E-state index is -1.08. The Morgan fingerprint density at radius 1 is 1.33 bits per heavy atom. The molecule has 1 aliphatic carbocycles. The number of nitrogens with zero attached hydrogens (tertiary/aromatic N) is 1. The lowest BCUT2D eigenvalue weighted by molar-refractivity contribution is -0.146. The summed E-state index contributed by atoms with van der Waals surface area (Å²) in [6.45, 7) is 8.06. The smallest absolute Gasteiger partial charge is 0.106 e. The van der Waals surface area contributed by atoms with Gasteiger partial charge in [0.15, 0.2) is 0 Å². The molecule has 0 radical (unpaired) electrons. The quantitative estimate of drug-likeness (QED) is 0.837. The highest BCUT2D eigenvalue weighted by Crippen LogP contribution is 2.49. The number of rotatable bonds is 4. The molecule has 3 nitrogen and oxygen atoms in total. The van der Waals surface area contributed by atoms with Gasteiger partial charge in [0.1, 0.15) is 5.60 Å². The Balaban J connectivity index is 2.88. The summed E-state index contributed by atoms with van der Waals surface area (Å²) in [6.07, 6.45) is 3.27. The number of ether oxygens (including phenoxy) is 1. The van der Waals surface area contributed by atoms with Gasteiger partial charge in [0.05, 0.1) is 17.6 Å². The molecule has 0 saturated heterocycles. The van der Waals surface area contributed by atoms with Crippen molar-refractivity contribution in [2.24, 2.45) is 17.3 Å². The van der Waals surface area contributed by atoms with Gasteiger partial charge >= 0.3 is 0 Å². The Morgan fingerprint density at radius 3 is 2.17 bits per heavy atom. The van der Waals surface area contributed by atoms with Crippen molar-refractivity contribution in [1.29, 1.82) is 5.26 Å². The van der Waals surface area contributed by atoms with Crippen LogP contribution in [-0.4, -0.2) is 23.9 Å². The molecule has 104 valence electrons. The van der Waals surface area contributed by atoms with Gasteiger partial charge in [-0.1, -0.05) is 13.8 Å². The number of aliphatic hydroxyl groups is 1. The largest absolute Gasteiger partial charge is 0.386 e. The van der Waals surface area contributed by atoms with Crippen molar-refractivity contribution >= 4 is 0 Å². The fourth-order valence-corrected chi connectivity index (χ4v) is 3.15. The van der Waals surface area contributed by atoms with Crippen LogP contribution in [0, 0.1) is 28.6 Å². The summed E-state index contributed by atoms with van der Waals surface area (Å²) >= 11 is 0. The van der Waals surface area contributed by atoms with Crippen LogP contribution in [-0.2, 0) is 4.74 Å². The van der Waals surface area contributed by atoms with E-state index in [0.29, 0.717) is 11.8 Å². The van der Waals surface area contributed by atoms with Crippen molar-refractivity contribution in [3.8, 4) is 6.07 Å². The highest BCUT2D eigenvalue weighted by atomic mass is 16.5. The molecule has 1 rings (SSSR count). The van der Waals surface area contributed by atoms with Crippen molar-refractivity contribution in [2.45, 2.75) is 65.1 Å². The van der Waals surface area contributed by atoms with E-state index in [1.165, 1.54) is 0 Å². The van der Waals surface area contributed by atoms with Gasteiger partial charge in [-0.3, -0.25) is 0 Å². The summed E-state index contributed by atoms with van der Waals surface area (Å²) in [5.74, 6) is 1.34. The second-order valence-corrected chi connectivity index (χ2v) is 6.30. The molecular formula is C15H27NO2. The molecule has 0 heterocycles. The summed E-state index contributed by atoms with van der Waals surface area (Å²) in [7, 11) is 1.59. The van der Waals surface area contributed by atoms with E-state index >= 15 is 0 Å². The van der Waals surface area contributed by atoms with Crippen LogP contribution in [0.3, 0.4) is 0 Å². The van der Waals surface area contributed by atoms with E-state index in [0.717, 1.165) is 25.7 Å². The fraction of sp³-hybridized carbons (Fsp3) is 0.933. The van der Waals surface area contributed by atoms with Crippen LogP contribution in [0.2, 0.25) is 0 Å². The minimum absolute atomic E-state index is 0.326. The molecule has 1 saturated carbocycles. The third-order valence-electron chi connectivity index (χ3n) is 5.15. The maximum atomic E-state index is 10.7. The molecule has 0 aromatic carbocycles. The van der Waals surface area contributed by atoms with Gasteiger partial charge in [-0.2, -0.15) is 5.26 Å². The molecule has 3 heteroatoms. The molecule has 2 atom stereocenters. The van der Waals surface area contributed by atoms with E-state index in [1.54, 1.807) is 14.0 Å². The highest BCUT2D eigenvalue weighted by Gasteiger charge is 2.52. The maximum Gasteiger partial charge on any atom is 0.106 e.